The van der Waals surface area contributed by atoms with E-state index in [2.05, 4.69) is 9.55 Å². The highest BCUT2D eigenvalue weighted by Gasteiger charge is 2.21. The van der Waals surface area contributed by atoms with E-state index in [1.165, 1.54) is 5.69 Å². The van der Waals surface area contributed by atoms with E-state index in [0.717, 1.165) is 36.6 Å². The Hall–Kier alpha value is -1.55. The van der Waals surface area contributed by atoms with Crippen LogP contribution in [0.15, 0.2) is 22.9 Å². The molecule has 4 nitrogen and oxygen atoms in total. The minimum atomic E-state index is 0.249. The van der Waals surface area contributed by atoms with E-state index in [9.17, 15) is 0 Å². The van der Waals surface area contributed by atoms with Crippen molar-refractivity contribution in [3.8, 4) is 11.5 Å². The Kier molecular flexibility index (Phi) is 2.11. The molecule has 0 aliphatic carbocycles. The lowest BCUT2D eigenvalue weighted by Gasteiger charge is -2.20. The van der Waals surface area contributed by atoms with E-state index in [1.807, 2.05) is 25.4 Å². The highest BCUT2D eigenvalue weighted by molar-refractivity contribution is 5.56. The Labute approximate surface area is 94.1 Å². The summed E-state index contributed by atoms with van der Waals surface area (Å²) in [5.74, 6) is 1.76. The van der Waals surface area contributed by atoms with Crippen LogP contribution in [-0.4, -0.2) is 15.6 Å². The monoisotopic (exact) mass is 217 g/mol. The molecular formula is C12H15N3O. The molecule has 1 atom stereocenters. The largest absolute Gasteiger partial charge is 0.460 e. The number of hydrogen-bond donors (Lipinski definition) is 1. The maximum atomic E-state index is 5.99. The van der Waals surface area contributed by atoms with Crippen molar-refractivity contribution in [3.63, 3.8) is 0 Å². The number of hydrogen-bond acceptors (Lipinski definition) is 3. The van der Waals surface area contributed by atoms with Crippen LogP contribution in [0.3, 0.4) is 0 Å². The maximum Gasteiger partial charge on any atom is 0.154 e. The van der Waals surface area contributed by atoms with Gasteiger partial charge in [-0.25, -0.2) is 4.98 Å². The van der Waals surface area contributed by atoms with Crippen molar-refractivity contribution >= 4 is 0 Å². The zero-order valence-electron chi connectivity index (χ0n) is 9.31. The third kappa shape index (κ3) is 1.46. The number of nitrogens with two attached hydrogens (primary N) is 1. The molecule has 0 saturated carbocycles. The number of nitrogens with zero attached hydrogens (tertiary/aromatic N) is 2. The van der Waals surface area contributed by atoms with Gasteiger partial charge in [0.25, 0.3) is 0 Å². The predicted molar refractivity (Wildman–Crippen MR) is 61.0 cm³/mol. The molecule has 1 aliphatic rings. The SMILES string of the molecule is Cc1ccc(-c2ncn3c2CC(N)CC3)o1. The van der Waals surface area contributed by atoms with Crippen LogP contribution in [0.25, 0.3) is 11.5 Å². The summed E-state index contributed by atoms with van der Waals surface area (Å²) in [6.45, 7) is 2.90. The van der Waals surface area contributed by atoms with Crippen molar-refractivity contribution in [1.29, 1.82) is 0 Å². The van der Waals surface area contributed by atoms with Crippen LogP contribution in [0.5, 0.6) is 0 Å². The molecule has 0 fully saturated rings. The van der Waals surface area contributed by atoms with E-state index < -0.39 is 0 Å². The molecule has 0 aromatic carbocycles. The Balaban J connectivity index is 2.06. The molecule has 1 aliphatic heterocycles. The molecule has 0 amide bonds. The fourth-order valence-corrected chi connectivity index (χ4v) is 2.24. The molecule has 3 heterocycles. The molecule has 4 heteroatoms. The summed E-state index contributed by atoms with van der Waals surface area (Å²) in [7, 11) is 0. The molecule has 0 spiro atoms. The number of aromatic nitrogens is 2. The normalized spacial score (nSPS) is 19.8. The molecule has 0 bridgehead atoms. The van der Waals surface area contributed by atoms with E-state index >= 15 is 0 Å². The van der Waals surface area contributed by atoms with Crippen LogP contribution in [0.4, 0.5) is 0 Å². The molecule has 16 heavy (non-hydrogen) atoms. The molecule has 1 unspecified atom stereocenters. The molecule has 2 aromatic heterocycles. The summed E-state index contributed by atoms with van der Waals surface area (Å²) >= 11 is 0. The van der Waals surface area contributed by atoms with Crippen molar-refractivity contribution < 1.29 is 4.42 Å². The highest BCUT2D eigenvalue weighted by atomic mass is 16.3. The first-order valence-electron chi connectivity index (χ1n) is 5.60. The summed E-state index contributed by atoms with van der Waals surface area (Å²) in [5.41, 5.74) is 8.14. The fraction of sp³-hybridized carbons (Fsp3) is 0.417. The average molecular weight is 217 g/mol. The van der Waals surface area contributed by atoms with Gasteiger partial charge in [-0.3, -0.25) is 0 Å². The van der Waals surface area contributed by atoms with E-state index in [-0.39, 0.29) is 6.04 Å². The Morgan fingerprint density at radius 3 is 3.12 bits per heavy atom. The molecular weight excluding hydrogens is 202 g/mol. The molecule has 3 rings (SSSR count). The van der Waals surface area contributed by atoms with Gasteiger partial charge in [0.15, 0.2) is 5.76 Å². The number of furan rings is 1. The summed E-state index contributed by atoms with van der Waals surface area (Å²) in [6, 6.07) is 4.18. The van der Waals surface area contributed by atoms with Gasteiger partial charge in [0.2, 0.25) is 0 Å². The number of aryl methyl sites for hydroxylation is 2. The van der Waals surface area contributed by atoms with Crippen LogP contribution < -0.4 is 5.73 Å². The third-order valence-corrected chi connectivity index (χ3v) is 3.12. The summed E-state index contributed by atoms with van der Waals surface area (Å²) in [5, 5.41) is 0. The fourth-order valence-electron chi connectivity index (χ4n) is 2.24. The summed E-state index contributed by atoms with van der Waals surface area (Å²) in [4.78, 5) is 4.43. The zero-order valence-corrected chi connectivity index (χ0v) is 9.31. The number of imidazole rings is 1. The van der Waals surface area contributed by atoms with E-state index in [0.29, 0.717) is 0 Å². The second kappa shape index (κ2) is 3.49. The van der Waals surface area contributed by atoms with Crippen molar-refractivity contribution in [1.82, 2.24) is 9.55 Å². The average Bonchev–Trinajstić information content (AvgIpc) is 2.83. The minimum absolute atomic E-state index is 0.249. The van der Waals surface area contributed by atoms with Gasteiger partial charge in [0, 0.05) is 24.7 Å². The van der Waals surface area contributed by atoms with Crippen LogP contribution in [-0.2, 0) is 13.0 Å². The maximum absolute atomic E-state index is 5.99. The van der Waals surface area contributed by atoms with Crippen molar-refractivity contribution in [2.24, 2.45) is 5.73 Å². The van der Waals surface area contributed by atoms with Crippen LogP contribution in [0.2, 0.25) is 0 Å². The second-order valence-electron chi connectivity index (χ2n) is 4.40. The van der Waals surface area contributed by atoms with Crippen molar-refractivity contribution in [2.75, 3.05) is 0 Å². The minimum Gasteiger partial charge on any atom is -0.460 e. The van der Waals surface area contributed by atoms with Gasteiger partial charge in [0.1, 0.15) is 11.5 Å². The van der Waals surface area contributed by atoms with Crippen LogP contribution in [0.1, 0.15) is 17.9 Å². The quantitative estimate of drug-likeness (QED) is 0.791. The first kappa shape index (κ1) is 9.66. The van der Waals surface area contributed by atoms with Gasteiger partial charge in [-0.1, -0.05) is 0 Å². The lowest BCUT2D eigenvalue weighted by Crippen LogP contribution is -2.30. The Morgan fingerprint density at radius 2 is 2.38 bits per heavy atom. The van der Waals surface area contributed by atoms with E-state index in [4.69, 9.17) is 10.2 Å². The standard InChI is InChI=1S/C12H15N3O/c1-8-2-3-11(16-8)12-10-6-9(13)4-5-15(10)7-14-12/h2-3,7,9H,4-6,13H2,1H3. The summed E-state index contributed by atoms with van der Waals surface area (Å²) in [6.07, 6.45) is 3.80. The smallest absolute Gasteiger partial charge is 0.154 e. The lowest BCUT2D eigenvalue weighted by atomic mass is 10.0. The third-order valence-electron chi connectivity index (χ3n) is 3.12. The Morgan fingerprint density at radius 1 is 1.50 bits per heavy atom. The highest BCUT2D eigenvalue weighted by Crippen LogP contribution is 2.27. The summed E-state index contributed by atoms with van der Waals surface area (Å²) < 4.78 is 7.79. The Bertz CT molecular complexity index is 512. The topological polar surface area (TPSA) is 57.0 Å². The van der Waals surface area contributed by atoms with Crippen LogP contribution >= 0.6 is 0 Å². The lowest BCUT2D eigenvalue weighted by molar-refractivity contribution is 0.470. The van der Waals surface area contributed by atoms with Crippen molar-refractivity contribution in [2.45, 2.75) is 32.4 Å². The van der Waals surface area contributed by atoms with Gasteiger partial charge in [-0.05, 0) is 25.5 Å². The molecule has 84 valence electrons. The van der Waals surface area contributed by atoms with Gasteiger partial charge in [-0.15, -0.1) is 0 Å². The van der Waals surface area contributed by atoms with Gasteiger partial charge in [-0.2, -0.15) is 0 Å². The zero-order chi connectivity index (χ0) is 11.1. The molecule has 2 aromatic rings. The molecule has 2 N–H and O–H groups in total. The first-order valence-corrected chi connectivity index (χ1v) is 5.60. The second-order valence-corrected chi connectivity index (χ2v) is 4.40. The molecule has 0 radical (unpaired) electrons. The van der Waals surface area contributed by atoms with Gasteiger partial charge in [0.05, 0.1) is 6.33 Å². The predicted octanol–water partition coefficient (Wildman–Crippen LogP) is 1.73. The number of fused-ring (bicyclic) bond motifs is 1. The number of rotatable bonds is 1. The van der Waals surface area contributed by atoms with Crippen molar-refractivity contribution in [3.05, 3.63) is 29.9 Å². The van der Waals surface area contributed by atoms with Crippen LogP contribution in [0, 0.1) is 6.92 Å². The first-order chi connectivity index (χ1) is 7.74. The van der Waals surface area contributed by atoms with Gasteiger partial charge >= 0.3 is 0 Å². The molecule has 0 saturated heterocycles. The van der Waals surface area contributed by atoms with E-state index in [1.54, 1.807) is 0 Å². The van der Waals surface area contributed by atoms with Gasteiger partial charge < -0.3 is 14.7 Å².